The number of ether oxygens (including phenoxy) is 2. The van der Waals surface area contributed by atoms with E-state index in [0.29, 0.717) is 5.69 Å². The molecule has 12 heteroatoms. The topological polar surface area (TPSA) is 141 Å². The molecule has 1 aromatic heterocycles. The minimum absolute atomic E-state index is 0.0492. The Hall–Kier alpha value is -3.77. The van der Waals surface area contributed by atoms with Gasteiger partial charge >= 0.3 is 11.9 Å². The van der Waals surface area contributed by atoms with E-state index in [4.69, 9.17) is 4.74 Å². The Morgan fingerprint density at radius 1 is 1.00 bits per heavy atom. The number of hydrogen-bond acceptors (Lipinski definition) is 9. The lowest BCUT2D eigenvalue weighted by molar-refractivity contribution is -0.115. The Kier molecular flexibility index (Phi) is 7.41. The molecule has 0 spiro atoms. The second kappa shape index (κ2) is 10.2. The number of rotatable bonds is 8. The van der Waals surface area contributed by atoms with Crippen LogP contribution in [0.15, 0.2) is 58.8 Å². The molecular formula is C21H19N3O7S2. The van der Waals surface area contributed by atoms with Crippen molar-refractivity contribution >= 4 is 50.0 Å². The number of aromatic nitrogens is 1. The van der Waals surface area contributed by atoms with Gasteiger partial charge in [0, 0.05) is 5.38 Å². The van der Waals surface area contributed by atoms with Gasteiger partial charge in [0.1, 0.15) is 0 Å². The van der Waals surface area contributed by atoms with Gasteiger partial charge in [0.25, 0.3) is 10.0 Å². The molecule has 2 aromatic carbocycles. The van der Waals surface area contributed by atoms with Crippen LogP contribution in [0.1, 0.15) is 26.4 Å². The number of carbonyl (C=O) groups is 3. The molecule has 3 aromatic rings. The van der Waals surface area contributed by atoms with Crippen LogP contribution in [-0.2, 0) is 30.7 Å². The van der Waals surface area contributed by atoms with Crippen LogP contribution in [0.25, 0.3) is 0 Å². The molecule has 0 radical (unpaired) electrons. The fourth-order valence-corrected chi connectivity index (χ4v) is 4.73. The van der Waals surface area contributed by atoms with Gasteiger partial charge in [-0.05, 0) is 30.3 Å². The summed E-state index contributed by atoms with van der Waals surface area (Å²) in [4.78, 5) is 40.6. The third kappa shape index (κ3) is 5.93. The summed E-state index contributed by atoms with van der Waals surface area (Å²) in [5, 5.41) is 4.19. The minimum atomic E-state index is -3.81. The van der Waals surface area contributed by atoms with E-state index >= 15 is 0 Å². The SMILES string of the molecule is COC(=O)c1ccc(C(=O)OC)c(NC(=O)Cc2csc(NS(=O)(=O)c3ccccc3)n2)c1. The van der Waals surface area contributed by atoms with E-state index in [1.54, 1.807) is 18.2 Å². The van der Waals surface area contributed by atoms with Crippen molar-refractivity contribution in [3.8, 4) is 0 Å². The lowest BCUT2D eigenvalue weighted by Crippen LogP contribution is -2.18. The molecule has 0 bridgehead atoms. The van der Waals surface area contributed by atoms with Gasteiger partial charge in [-0.25, -0.2) is 23.0 Å². The van der Waals surface area contributed by atoms with Gasteiger partial charge < -0.3 is 14.8 Å². The Bertz CT molecular complexity index is 1290. The summed E-state index contributed by atoms with van der Waals surface area (Å²) >= 11 is 1.02. The Labute approximate surface area is 193 Å². The number of thiazole rings is 1. The van der Waals surface area contributed by atoms with Crippen LogP contribution in [-0.4, -0.2) is 45.5 Å². The first kappa shape index (κ1) is 23.9. The van der Waals surface area contributed by atoms with Crippen LogP contribution in [0.3, 0.4) is 0 Å². The molecule has 10 nitrogen and oxygen atoms in total. The number of nitrogens with one attached hydrogen (secondary N) is 2. The molecule has 0 aliphatic carbocycles. The van der Waals surface area contributed by atoms with Gasteiger partial charge in [-0.2, -0.15) is 0 Å². The normalized spacial score (nSPS) is 10.8. The maximum Gasteiger partial charge on any atom is 0.339 e. The highest BCUT2D eigenvalue weighted by molar-refractivity contribution is 7.93. The summed E-state index contributed by atoms with van der Waals surface area (Å²) in [5.74, 6) is -1.88. The number of sulfonamides is 1. The van der Waals surface area contributed by atoms with E-state index in [9.17, 15) is 22.8 Å². The summed E-state index contributed by atoms with van der Waals surface area (Å²) in [6.07, 6.45) is -0.202. The van der Waals surface area contributed by atoms with Crippen molar-refractivity contribution < 1.29 is 32.3 Å². The van der Waals surface area contributed by atoms with Crippen LogP contribution in [0.2, 0.25) is 0 Å². The maximum atomic E-state index is 12.6. The molecular weight excluding hydrogens is 470 g/mol. The number of methoxy groups -OCH3 is 2. The van der Waals surface area contributed by atoms with Crippen molar-refractivity contribution in [3.63, 3.8) is 0 Å². The summed E-state index contributed by atoms with van der Waals surface area (Å²) in [6, 6.07) is 11.8. The van der Waals surface area contributed by atoms with E-state index in [1.807, 2.05) is 0 Å². The van der Waals surface area contributed by atoms with Crippen molar-refractivity contribution in [1.82, 2.24) is 4.98 Å². The fraction of sp³-hybridized carbons (Fsp3) is 0.143. The van der Waals surface area contributed by atoms with E-state index in [-0.39, 0.29) is 33.3 Å². The van der Waals surface area contributed by atoms with Gasteiger partial charge in [-0.15, -0.1) is 11.3 Å². The highest BCUT2D eigenvalue weighted by Crippen LogP contribution is 2.22. The van der Waals surface area contributed by atoms with Gasteiger partial charge in [-0.3, -0.25) is 9.52 Å². The van der Waals surface area contributed by atoms with Crippen LogP contribution < -0.4 is 10.0 Å². The molecule has 33 heavy (non-hydrogen) atoms. The first-order valence-corrected chi connectivity index (χ1v) is 11.7. The van der Waals surface area contributed by atoms with Crippen LogP contribution >= 0.6 is 11.3 Å². The molecule has 0 aliphatic heterocycles. The number of hydrogen-bond donors (Lipinski definition) is 2. The van der Waals surface area contributed by atoms with Crippen molar-refractivity contribution in [1.29, 1.82) is 0 Å². The van der Waals surface area contributed by atoms with Crippen LogP contribution in [0.5, 0.6) is 0 Å². The van der Waals surface area contributed by atoms with Crippen LogP contribution in [0.4, 0.5) is 10.8 Å². The summed E-state index contributed by atoms with van der Waals surface area (Å²) in [6.45, 7) is 0. The molecule has 0 saturated carbocycles. The first-order chi connectivity index (χ1) is 15.7. The molecule has 2 N–H and O–H groups in total. The zero-order valence-corrected chi connectivity index (χ0v) is 19.2. The van der Waals surface area contributed by atoms with Gasteiger partial charge in [0.2, 0.25) is 5.91 Å². The predicted molar refractivity (Wildman–Crippen MR) is 121 cm³/mol. The second-order valence-electron chi connectivity index (χ2n) is 6.53. The smallest absolute Gasteiger partial charge is 0.339 e. The number of benzene rings is 2. The lowest BCUT2D eigenvalue weighted by Gasteiger charge is -2.11. The third-order valence-corrected chi connectivity index (χ3v) is 6.58. The first-order valence-electron chi connectivity index (χ1n) is 9.36. The third-order valence-electron chi connectivity index (χ3n) is 4.29. The molecule has 0 saturated heterocycles. The number of nitrogens with zero attached hydrogens (tertiary/aromatic N) is 1. The average Bonchev–Trinajstić information content (AvgIpc) is 3.24. The number of esters is 2. The second-order valence-corrected chi connectivity index (χ2v) is 9.07. The standard InChI is InChI=1S/C21H19N3O7S2/c1-30-19(26)13-8-9-16(20(27)31-2)17(10-13)23-18(25)11-14-12-32-21(22-14)24-33(28,29)15-6-4-3-5-7-15/h3-10,12H,11H2,1-2H3,(H,22,24)(H,23,25). The maximum absolute atomic E-state index is 12.6. The van der Waals surface area contributed by atoms with Crippen molar-refractivity contribution in [2.45, 2.75) is 11.3 Å². The highest BCUT2D eigenvalue weighted by Gasteiger charge is 2.19. The predicted octanol–water partition coefficient (Wildman–Crippen LogP) is 2.70. The molecule has 0 atom stereocenters. The van der Waals surface area contributed by atoms with Gasteiger partial charge in [-0.1, -0.05) is 18.2 Å². The lowest BCUT2D eigenvalue weighted by atomic mass is 10.1. The number of carbonyl (C=O) groups excluding carboxylic acids is 3. The van der Waals surface area contributed by atoms with E-state index in [0.717, 1.165) is 11.3 Å². The Balaban J connectivity index is 1.73. The zero-order chi connectivity index (χ0) is 24.0. The molecule has 1 heterocycles. The van der Waals surface area contributed by atoms with E-state index < -0.39 is 27.9 Å². The molecule has 3 rings (SSSR count). The van der Waals surface area contributed by atoms with Crippen molar-refractivity contribution in [3.05, 3.63) is 70.7 Å². The highest BCUT2D eigenvalue weighted by atomic mass is 32.2. The Morgan fingerprint density at radius 2 is 1.70 bits per heavy atom. The summed E-state index contributed by atoms with van der Waals surface area (Å²) in [7, 11) is -1.41. The zero-order valence-electron chi connectivity index (χ0n) is 17.5. The van der Waals surface area contributed by atoms with Crippen LogP contribution in [0, 0.1) is 0 Å². The largest absolute Gasteiger partial charge is 0.465 e. The molecule has 172 valence electrons. The number of amides is 1. The average molecular weight is 490 g/mol. The fourth-order valence-electron chi connectivity index (χ4n) is 2.75. The van der Waals surface area contributed by atoms with Crippen molar-refractivity contribution in [2.24, 2.45) is 0 Å². The molecule has 0 unspecified atom stereocenters. The van der Waals surface area contributed by atoms with Gasteiger partial charge in [0.05, 0.1) is 48.0 Å². The van der Waals surface area contributed by atoms with E-state index in [1.165, 1.54) is 49.9 Å². The minimum Gasteiger partial charge on any atom is -0.465 e. The monoisotopic (exact) mass is 489 g/mol. The quantitative estimate of drug-likeness (QED) is 0.460. The summed E-state index contributed by atoms with van der Waals surface area (Å²) in [5.41, 5.74) is 0.557. The van der Waals surface area contributed by atoms with Crippen molar-refractivity contribution in [2.75, 3.05) is 24.3 Å². The molecule has 0 fully saturated rings. The Morgan fingerprint density at radius 3 is 2.36 bits per heavy atom. The summed E-state index contributed by atoms with van der Waals surface area (Å²) < 4.78 is 36.6. The molecule has 1 amide bonds. The number of anilines is 2. The van der Waals surface area contributed by atoms with Gasteiger partial charge in [0.15, 0.2) is 5.13 Å². The van der Waals surface area contributed by atoms with E-state index in [2.05, 4.69) is 19.8 Å². The molecule has 0 aliphatic rings.